The number of benzene rings is 1. The normalized spacial score (nSPS) is 16.8. The number of hydrogen-bond donors (Lipinski definition) is 0. The Balaban J connectivity index is 2.03. The monoisotopic (exact) mass is 175 g/mol. The zero-order valence-corrected chi connectivity index (χ0v) is 7.73. The first-order chi connectivity index (χ1) is 6.29. The lowest BCUT2D eigenvalue weighted by atomic mass is 10.0. The molecule has 2 nitrogen and oxygen atoms in total. The van der Waals surface area contributed by atoms with Crippen molar-refractivity contribution in [2.24, 2.45) is 5.92 Å². The summed E-state index contributed by atoms with van der Waals surface area (Å²) in [5.41, 5.74) is 2.50. The molecule has 0 N–H and O–H groups in total. The highest BCUT2D eigenvalue weighted by molar-refractivity contribution is 5.62. The van der Waals surface area contributed by atoms with Crippen LogP contribution in [0.4, 0.5) is 5.69 Å². The van der Waals surface area contributed by atoms with E-state index in [1.165, 1.54) is 11.3 Å². The van der Waals surface area contributed by atoms with Gasteiger partial charge in [-0.1, -0.05) is 17.7 Å². The number of aryl methyl sites for hydroxylation is 1. The van der Waals surface area contributed by atoms with Crippen LogP contribution in [0.5, 0.6) is 0 Å². The number of hydrogen-bond acceptors (Lipinski definition) is 2. The third-order valence-electron chi connectivity index (χ3n) is 2.50. The Bertz CT molecular complexity index is 298. The second kappa shape index (κ2) is 3.21. The average Bonchev–Trinajstić information content (AvgIpc) is 2.06. The van der Waals surface area contributed by atoms with Gasteiger partial charge in [0.15, 0.2) is 0 Å². The summed E-state index contributed by atoms with van der Waals surface area (Å²) >= 11 is 0. The molecule has 0 saturated carbocycles. The fraction of sp³-hybridized carbons (Fsp3) is 0.364. The van der Waals surface area contributed by atoms with E-state index in [1.54, 1.807) is 0 Å². The molecule has 0 aliphatic carbocycles. The van der Waals surface area contributed by atoms with Gasteiger partial charge in [-0.15, -0.1) is 0 Å². The molecule has 0 radical (unpaired) electrons. The molecule has 13 heavy (non-hydrogen) atoms. The van der Waals surface area contributed by atoms with Gasteiger partial charge < -0.3 is 9.69 Å². The maximum Gasteiger partial charge on any atom is 0.126 e. The fourth-order valence-electron chi connectivity index (χ4n) is 1.57. The SMILES string of the molecule is Cc1ccc(N2CC(C=O)C2)cc1. The highest BCUT2D eigenvalue weighted by atomic mass is 16.1. The van der Waals surface area contributed by atoms with Gasteiger partial charge in [-0.25, -0.2) is 0 Å². The standard InChI is InChI=1S/C11H13NO/c1-9-2-4-11(5-3-9)12-6-10(7-12)8-13/h2-5,8,10H,6-7H2,1H3. The second-order valence-corrected chi connectivity index (χ2v) is 3.64. The summed E-state index contributed by atoms with van der Waals surface area (Å²) in [4.78, 5) is 12.6. The summed E-state index contributed by atoms with van der Waals surface area (Å²) in [6.45, 7) is 3.84. The van der Waals surface area contributed by atoms with Crippen molar-refractivity contribution in [3.63, 3.8) is 0 Å². The molecule has 0 spiro atoms. The van der Waals surface area contributed by atoms with Crippen LogP contribution in [0.25, 0.3) is 0 Å². The third-order valence-corrected chi connectivity index (χ3v) is 2.50. The minimum absolute atomic E-state index is 0.251. The Hall–Kier alpha value is -1.31. The second-order valence-electron chi connectivity index (χ2n) is 3.64. The van der Waals surface area contributed by atoms with E-state index in [9.17, 15) is 4.79 Å². The Labute approximate surface area is 78.2 Å². The van der Waals surface area contributed by atoms with Gasteiger partial charge in [0.25, 0.3) is 0 Å². The number of anilines is 1. The first kappa shape index (κ1) is 8.30. The quantitative estimate of drug-likeness (QED) is 0.637. The first-order valence-electron chi connectivity index (χ1n) is 4.56. The number of aldehydes is 1. The van der Waals surface area contributed by atoms with Gasteiger partial charge in [0.1, 0.15) is 6.29 Å². The maximum absolute atomic E-state index is 10.4. The van der Waals surface area contributed by atoms with Crippen molar-refractivity contribution in [1.29, 1.82) is 0 Å². The van der Waals surface area contributed by atoms with Crippen molar-refractivity contribution in [2.45, 2.75) is 6.92 Å². The molecule has 0 amide bonds. The van der Waals surface area contributed by atoms with Crippen LogP contribution in [-0.2, 0) is 4.79 Å². The van der Waals surface area contributed by atoms with Crippen molar-refractivity contribution < 1.29 is 4.79 Å². The van der Waals surface area contributed by atoms with Crippen LogP contribution in [0.3, 0.4) is 0 Å². The van der Waals surface area contributed by atoms with E-state index < -0.39 is 0 Å². The lowest BCUT2D eigenvalue weighted by Gasteiger charge is -2.38. The highest BCUT2D eigenvalue weighted by Crippen LogP contribution is 2.23. The number of rotatable bonds is 2. The molecule has 1 fully saturated rings. The average molecular weight is 175 g/mol. The van der Waals surface area contributed by atoms with Crippen LogP contribution in [-0.4, -0.2) is 19.4 Å². The predicted molar refractivity (Wildman–Crippen MR) is 52.9 cm³/mol. The summed E-state index contributed by atoms with van der Waals surface area (Å²) in [7, 11) is 0. The predicted octanol–water partition coefficient (Wildman–Crippen LogP) is 1.63. The number of carbonyl (C=O) groups is 1. The van der Waals surface area contributed by atoms with Crippen molar-refractivity contribution in [3.8, 4) is 0 Å². The van der Waals surface area contributed by atoms with Crippen LogP contribution in [0.15, 0.2) is 24.3 Å². The van der Waals surface area contributed by atoms with Crippen molar-refractivity contribution >= 4 is 12.0 Å². The number of carbonyl (C=O) groups excluding carboxylic acids is 1. The highest BCUT2D eigenvalue weighted by Gasteiger charge is 2.25. The molecule has 1 aliphatic heterocycles. The van der Waals surface area contributed by atoms with Gasteiger partial charge >= 0.3 is 0 Å². The molecule has 2 heteroatoms. The summed E-state index contributed by atoms with van der Waals surface area (Å²) in [5, 5.41) is 0. The number of nitrogens with zero attached hydrogens (tertiary/aromatic N) is 1. The van der Waals surface area contributed by atoms with Crippen molar-refractivity contribution in [2.75, 3.05) is 18.0 Å². The molecule has 1 aliphatic rings. The Morgan fingerprint density at radius 3 is 2.46 bits per heavy atom. The first-order valence-corrected chi connectivity index (χ1v) is 4.56. The van der Waals surface area contributed by atoms with Crippen LogP contribution in [0.2, 0.25) is 0 Å². The zero-order chi connectivity index (χ0) is 9.26. The molecular weight excluding hydrogens is 162 g/mol. The summed E-state index contributed by atoms with van der Waals surface area (Å²) in [5.74, 6) is 0.251. The van der Waals surface area contributed by atoms with Gasteiger partial charge in [-0.3, -0.25) is 0 Å². The van der Waals surface area contributed by atoms with E-state index in [2.05, 4.69) is 36.1 Å². The largest absolute Gasteiger partial charge is 0.370 e. The Kier molecular flexibility index (Phi) is 2.05. The molecule has 68 valence electrons. The van der Waals surface area contributed by atoms with E-state index in [1.807, 2.05) is 0 Å². The van der Waals surface area contributed by atoms with Gasteiger partial charge in [0.2, 0.25) is 0 Å². The van der Waals surface area contributed by atoms with Crippen molar-refractivity contribution in [3.05, 3.63) is 29.8 Å². The van der Waals surface area contributed by atoms with Gasteiger partial charge in [-0.05, 0) is 19.1 Å². The topological polar surface area (TPSA) is 20.3 Å². The van der Waals surface area contributed by atoms with Crippen molar-refractivity contribution in [1.82, 2.24) is 0 Å². The molecule has 1 aromatic rings. The Morgan fingerprint density at radius 2 is 1.92 bits per heavy atom. The van der Waals surface area contributed by atoms with Gasteiger partial charge in [0.05, 0.1) is 0 Å². The molecule has 1 heterocycles. The van der Waals surface area contributed by atoms with E-state index in [0.717, 1.165) is 19.4 Å². The summed E-state index contributed by atoms with van der Waals surface area (Å²) in [6, 6.07) is 8.42. The van der Waals surface area contributed by atoms with E-state index in [4.69, 9.17) is 0 Å². The summed E-state index contributed by atoms with van der Waals surface area (Å²) in [6.07, 6.45) is 1.05. The molecule has 1 aromatic carbocycles. The van der Waals surface area contributed by atoms with Gasteiger partial charge in [-0.2, -0.15) is 0 Å². The van der Waals surface area contributed by atoms with Gasteiger partial charge in [0, 0.05) is 24.7 Å². The molecule has 0 atom stereocenters. The minimum Gasteiger partial charge on any atom is -0.370 e. The lowest BCUT2D eigenvalue weighted by molar-refractivity contribution is -0.111. The fourth-order valence-corrected chi connectivity index (χ4v) is 1.57. The van der Waals surface area contributed by atoms with Crippen LogP contribution in [0.1, 0.15) is 5.56 Å². The van der Waals surface area contributed by atoms with Crippen LogP contribution >= 0.6 is 0 Å². The zero-order valence-electron chi connectivity index (χ0n) is 7.73. The van der Waals surface area contributed by atoms with Crippen LogP contribution < -0.4 is 4.90 Å². The molecule has 2 rings (SSSR count). The molecule has 0 aromatic heterocycles. The van der Waals surface area contributed by atoms with E-state index in [0.29, 0.717) is 0 Å². The molecule has 0 bridgehead atoms. The minimum atomic E-state index is 0.251. The smallest absolute Gasteiger partial charge is 0.126 e. The van der Waals surface area contributed by atoms with E-state index in [-0.39, 0.29) is 5.92 Å². The Morgan fingerprint density at radius 1 is 1.31 bits per heavy atom. The van der Waals surface area contributed by atoms with Crippen LogP contribution in [0, 0.1) is 12.8 Å². The molecular formula is C11H13NO. The maximum atomic E-state index is 10.4. The summed E-state index contributed by atoms with van der Waals surface area (Å²) < 4.78 is 0. The molecule has 0 unspecified atom stereocenters. The third kappa shape index (κ3) is 1.57. The van der Waals surface area contributed by atoms with E-state index >= 15 is 0 Å². The lowest BCUT2D eigenvalue weighted by Crippen LogP contribution is -2.47. The molecule has 1 saturated heterocycles.